The molecule has 0 fully saturated rings. The molecule has 1 heterocycles. The quantitative estimate of drug-likeness (QED) is 0.740. The molecular weight excluding hydrogens is 417 g/mol. The molecule has 0 saturated carbocycles. The first kappa shape index (κ1) is 17.0. The third kappa shape index (κ3) is 3.70. The van der Waals surface area contributed by atoms with E-state index < -0.39 is 0 Å². The number of nitrogens with zero attached hydrogens (tertiary/aromatic N) is 2. The van der Waals surface area contributed by atoms with E-state index in [1.165, 1.54) is 5.56 Å². The summed E-state index contributed by atoms with van der Waals surface area (Å²) in [5.74, 6) is 0. The zero-order valence-corrected chi connectivity index (χ0v) is 16.2. The van der Waals surface area contributed by atoms with E-state index in [0.29, 0.717) is 0 Å². The van der Waals surface area contributed by atoms with Crippen LogP contribution in [0.5, 0.6) is 0 Å². The van der Waals surface area contributed by atoms with Gasteiger partial charge >= 0.3 is 0 Å². The van der Waals surface area contributed by atoms with Gasteiger partial charge in [0.2, 0.25) is 0 Å². The van der Waals surface area contributed by atoms with Crippen LogP contribution in [0.15, 0.2) is 27.1 Å². The van der Waals surface area contributed by atoms with Crippen molar-refractivity contribution in [3.8, 4) is 0 Å². The van der Waals surface area contributed by atoms with Crippen LogP contribution >= 0.6 is 43.5 Å². The fraction of sp³-hybridized carbons (Fsp3) is 0.400. The second kappa shape index (κ2) is 7.27. The smallest absolute Gasteiger partial charge is 0.0850 e. The molecule has 2 rings (SSSR count). The molecule has 114 valence electrons. The van der Waals surface area contributed by atoms with Crippen LogP contribution in [-0.2, 0) is 19.9 Å². The fourth-order valence-electron chi connectivity index (χ4n) is 2.39. The van der Waals surface area contributed by atoms with Crippen LogP contribution in [0.2, 0.25) is 5.02 Å². The Kier molecular flexibility index (Phi) is 5.88. The van der Waals surface area contributed by atoms with Crippen LogP contribution in [0, 0.1) is 0 Å². The molecule has 0 bridgehead atoms. The number of rotatable bonds is 5. The number of aryl methyl sites for hydroxylation is 2. The lowest BCUT2D eigenvalue weighted by Gasteiger charge is -2.19. The molecule has 1 unspecified atom stereocenters. The van der Waals surface area contributed by atoms with Gasteiger partial charge in [-0.3, -0.25) is 4.68 Å². The first-order chi connectivity index (χ1) is 9.97. The van der Waals surface area contributed by atoms with Crippen molar-refractivity contribution in [1.29, 1.82) is 0 Å². The van der Waals surface area contributed by atoms with Crippen molar-refractivity contribution in [2.24, 2.45) is 7.05 Å². The molecule has 0 spiro atoms. The van der Waals surface area contributed by atoms with Gasteiger partial charge in [-0.15, -0.1) is 0 Å². The average Bonchev–Trinajstić information content (AvgIpc) is 2.72. The molecule has 0 aliphatic rings. The third-order valence-electron chi connectivity index (χ3n) is 3.59. The Labute approximate surface area is 147 Å². The summed E-state index contributed by atoms with van der Waals surface area (Å²) in [5.41, 5.74) is 3.22. The van der Waals surface area contributed by atoms with Gasteiger partial charge in [-0.05, 0) is 31.2 Å². The molecule has 21 heavy (non-hydrogen) atoms. The molecule has 0 amide bonds. The van der Waals surface area contributed by atoms with E-state index in [0.717, 1.165) is 38.2 Å². The Morgan fingerprint density at radius 2 is 2.10 bits per heavy atom. The topological polar surface area (TPSA) is 29.9 Å². The van der Waals surface area contributed by atoms with Crippen molar-refractivity contribution in [3.63, 3.8) is 0 Å². The summed E-state index contributed by atoms with van der Waals surface area (Å²) in [6, 6.07) is 6.39. The van der Waals surface area contributed by atoms with E-state index in [1.807, 2.05) is 24.8 Å². The highest BCUT2D eigenvalue weighted by Gasteiger charge is 2.19. The molecule has 0 aliphatic carbocycles. The normalized spacial score (nSPS) is 12.7. The maximum absolute atomic E-state index is 6.45. The molecule has 0 saturated heterocycles. The Bertz CT molecular complexity index is 640. The molecule has 0 aliphatic heterocycles. The molecule has 3 nitrogen and oxygen atoms in total. The SMILES string of the molecule is CCc1nn(C)c(CC(NC)c2ccc(Br)cc2Br)c1Cl. The lowest BCUT2D eigenvalue weighted by atomic mass is 10.0. The number of halogens is 3. The van der Waals surface area contributed by atoms with Crippen molar-refractivity contribution in [3.05, 3.63) is 49.1 Å². The molecule has 1 aromatic heterocycles. The van der Waals surface area contributed by atoms with Crippen LogP contribution in [-0.4, -0.2) is 16.8 Å². The fourth-order valence-corrected chi connectivity index (χ4v) is 4.08. The minimum Gasteiger partial charge on any atom is -0.313 e. The minimum absolute atomic E-state index is 0.171. The van der Waals surface area contributed by atoms with Crippen molar-refractivity contribution < 1.29 is 0 Å². The lowest BCUT2D eigenvalue weighted by Crippen LogP contribution is -2.20. The Hall–Kier alpha value is -0.360. The summed E-state index contributed by atoms with van der Waals surface area (Å²) >= 11 is 13.6. The highest BCUT2D eigenvalue weighted by atomic mass is 79.9. The standard InChI is InChI=1S/C15H18Br2ClN3/c1-4-12-15(18)14(21(3)20-12)8-13(19-2)10-6-5-9(16)7-11(10)17/h5-7,13,19H,4,8H2,1-3H3. The first-order valence-corrected chi connectivity index (χ1v) is 8.76. The van der Waals surface area contributed by atoms with Crippen molar-refractivity contribution in [2.75, 3.05) is 7.05 Å². The highest BCUT2D eigenvalue weighted by molar-refractivity contribution is 9.11. The molecule has 1 N–H and O–H groups in total. The molecular formula is C15H18Br2ClN3. The molecule has 1 aromatic carbocycles. The van der Waals surface area contributed by atoms with E-state index in [9.17, 15) is 0 Å². The summed E-state index contributed by atoms with van der Waals surface area (Å²) in [4.78, 5) is 0. The number of hydrogen-bond acceptors (Lipinski definition) is 2. The van der Waals surface area contributed by atoms with Gasteiger partial charge in [-0.2, -0.15) is 5.10 Å². The zero-order chi connectivity index (χ0) is 15.6. The first-order valence-electron chi connectivity index (χ1n) is 6.80. The average molecular weight is 436 g/mol. The molecule has 1 atom stereocenters. The number of nitrogens with one attached hydrogen (secondary N) is 1. The van der Waals surface area contributed by atoms with Gasteiger partial charge in [0.1, 0.15) is 0 Å². The van der Waals surface area contributed by atoms with Gasteiger partial charge in [0.25, 0.3) is 0 Å². The second-order valence-electron chi connectivity index (χ2n) is 4.90. The maximum atomic E-state index is 6.45. The lowest BCUT2D eigenvalue weighted by molar-refractivity contribution is 0.559. The Morgan fingerprint density at radius 3 is 2.62 bits per heavy atom. The van der Waals surface area contributed by atoms with Gasteiger partial charge < -0.3 is 5.32 Å². The van der Waals surface area contributed by atoms with E-state index in [-0.39, 0.29) is 6.04 Å². The minimum atomic E-state index is 0.171. The van der Waals surface area contributed by atoms with Crippen LogP contribution in [0.25, 0.3) is 0 Å². The van der Waals surface area contributed by atoms with Gasteiger partial charge in [-0.25, -0.2) is 0 Å². The Balaban J connectivity index is 2.33. The van der Waals surface area contributed by atoms with Gasteiger partial charge in [-0.1, -0.05) is 56.5 Å². The predicted molar refractivity (Wildman–Crippen MR) is 94.9 cm³/mol. The van der Waals surface area contributed by atoms with Gasteiger partial charge in [0.05, 0.1) is 16.4 Å². The van der Waals surface area contributed by atoms with Gasteiger partial charge in [0, 0.05) is 28.5 Å². The molecule has 2 aromatic rings. The van der Waals surface area contributed by atoms with Crippen LogP contribution < -0.4 is 5.32 Å². The summed E-state index contributed by atoms with van der Waals surface area (Å²) < 4.78 is 4.02. The summed E-state index contributed by atoms with van der Waals surface area (Å²) in [6.07, 6.45) is 1.64. The van der Waals surface area contributed by atoms with E-state index >= 15 is 0 Å². The largest absolute Gasteiger partial charge is 0.313 e. The highest BCUT2D eigenvalue weighted by Crippen LogP contribution is 2.31. The summed E-state index contributed by atoms with van der Waals surface area (Å²) in [6.45, 7) is 2.07. The van der Waals surface area contributed by atoms with E-state index in [1.54, 1.807) is 0 Å². The van der Waals surface area contributed by atoms with Crippen LogP contribution in [0.1, 0.15) is 29.9 Å². The number of hydrogen-bond donors (Lipinski definition) is 1. The van der Waals surface area contributed by atoms with E-state index in [4.69, 9.17) is 11.6 Å². The van der Waals surface area contributed by atoms with Crippen LogP contribution in [0.3, 0.4) is 0 Å². The number of benzene rings is 1. The number of aromatic nitrogens is 2. The van der Waals surface area contributed by atoms with Crippen molar-refractivity contribution >= 4 is 43.5 Å². The zero-order valence-electron chi connectivity index (χ0n) is 12.3. The monoisotopic (exact) mass is 433 g/mol. The number of likely N-dealkylation sites (N-methyl/N-ethyl adjacent to an activating group) is 1. The Morgan fingerprint density at radius 1 is 1.38 bits per heavy atom. The van der Waals surface area contributed by atoms with Gasteiger partial charge in [0.15, 0.2) is 0 Å². The maximum Gasteiger partial charge on any atom is 0.0850 e. The van der Waals surface area contributed by atoms with Crippen molar-refractivity contribution in [1.82, 2.24) is 15.1 Å². The summed E-state index contributed by atoms with van der Waals surface area (Å²) in [7, 11) is 3.91. The van der Waals surface area contributed by atoms with Crippen LogP contribution in [0.4, 0.5) is 0 Å². The molecule has 0 radical (unpaired) electrons. The molecule has 6 heteroatoms. The van der Waals surface area contributed by atoms with E-state index in [2.05, 4.69) is 61.3 Å². The summed E-state index contributed by atoms with van der Waals surface area (Å²) in [5, 5.41) is 8.63. The predicted octanol–water partition coefficient (Wildman–Crippen LogP) is 4.66. The third-order valence-corrected chi connectivity index (χ3v) is 5.20. The van der Waals surface area contributed by atoms with Crippen molar-refractivity contribution in [2.45, 2.75) is 25.8 Å². The second-order valence-corrected chi connectivity index (χ2v) is 7.04.